The maximum absolute atomic E-state index is 10.9. The first-order valence-corrected chi connectivity index (χ1v) is 5.58. The quantitative estimate of drug-likeness (QED) is 0.670. The van der Waals surface area contributed by atoms with Gasteiger partial charge in [0, 0.05) is 12.6 Å². The van der Waals surface area contributed by atoms with Crippen LogP contribution in [0.15, 0.2) is 0 Å². The van der Waals surface area contributed by atoms with E-state index in [9.17, 15) is 4.79 Å². The average molecular weight is 216 g/mol. The summed E-state index contributed by atoms with van der Waals surface area (Å²) in [5, 5.41) is 8.95. The van der Waals surface area contributed by atoms with Crippen molar-refractivity contribution in [2.45, 2.75) is 45.7 Å². The zero-order valence-corrected chi connectivity index (χ0v) is 10.2. The van der Waals surface area contributed by atoms with E-state index in [4.69, 9.17) is 10.8 Å². The van der Waals surface area contributed by atoms with Crippen LogP contribution in [0.4, 0.5) is 0 Å². The number of aliphatic carboxylic acids is 1. The monoisotopic (exact) mass is 216 g/mol. The summed E-state index contributed by atoms with van der Waals surface area (Å²) in [4.78, 5) is 12.7. The summed E-state index contributed by atoms with van der Waals surface area (Å²) in [5.74, 6) is -0.304. The molecule has 15 heavy (non-hydrogen) atoms. The molecule has 0 aliphatic rings. The Morgan fingerprint density at radius 1 is 1.47 bits per heavy atom. The van der Waals surface area contributed by atoms with Gasteiger partial charge in [-0.25, -0.2) is 0 Å². The van der Waals surface area contributed by atoms with Gasteiger partial charge < -0.3 is 10.8 Å². The Hall–Kier alpha value is -0.610. The number of carboxylic acids is 1. The summed E-state index contributed by atoms with van der Waals surface area (Å²) < 4.78 is 0. The summed E-state index contributed by atoms with van der Waals surface area (Å²) in [6, 6.07) is -0.233. The van der Waals surface area contributed by atoms with Crippen molar-refractivity contribution in [1.82, 2.24) is 4.90 Å². The number of likely N-dealkylation sites (N-methyl/N-ethyl adjacent to an activating group) is 1. The summed E-state index contributed by atoms with van der Waals surface area (Å²) in [6.45, 7) is 6.79. The van der Waals surface area contributed by atoms with Crippen molar-refractivity contribution in [3.63, 3.8) is 0 Å². The third kappa shape index (κ3) is 5.14. The van der Waals surface area contributed by atoms with Crippen LogP contribution in [-0.4, -0.2) is 41.7 Å². The largest absolute Gasteiger partial charge is 0.480 e. The highest BCUT2D eigenvalue weighted by atomic mass is 16.4. The van der Waals surface area contributed by atoms with Gasteiger partial charge in [-0.3, -0.25) is 9.69 Å². The number of carboxylic acid groups (broad SMARTS) is 1. The van der Waals surface area contributed by atoms with Crippen LogP contribution in [0.5, 0.6) is 0 Å². The molecule has 0 bridgehead atoms. The average Bonchev–Trinajstić information content (AvgIpc) is 2.14. The molecule has 4 nitrogen and oxygen atoms in total. The zero-order valence-electron chi connectivity index (χ0n) is 10.2. The number of nitrogens with two attached hydrogens (primary N) is 1. The molecule has 0 rings (SSSR count). The third-order valence-electron chi connectivity index (χ3n) is 2.88. The minimum atomic E-state index is -0.752. The third-order valence-corrected chi connectivity index (χ3v) is 2.88. The second-order valence-electron chi connectivity index (χ2n) is 4.44. The SMILES string of the molecule is CCC(C(=O)O)N(C)CCC(N)C(C)C. The number of carbonyl (C=O) groups is 1. The van der Waals surface area contributed by atoms with Gasteiger partial charge in [-0.1, -0.05) is 20.8 Å². The lowest BCUT2D eigenvalue weighted by atomic mass is 10.0. The van der Waals surface area contributed by atoms with Crippen LogP contribution in [0.2, 0.25) is 0 Å². The zero-order chi connectivity index (χ0) is 12.0. The molecule has 3 N–H and O–H groups in total. The van der Waals surface area contributed by atoms with Crippen LogP contribution in [0.1, 0.15) is 33.6 Å². The van der Waals surface area contributed by atoms with E-state index in [1.807, 2.05) is 18.9 Å². The van der Waals surface area contributed by atoms with Crippen LogP contribution in [0, 0.1) is 5.92 Å². The molecule has 0 heterocycles. The number of hydrogen-bond acceptors (Lipinski definition) is 3. The van der Waals surface area contributed by atoms with Gasteiger partial charge in [0.15, 0.2) is 0 Å². The highest BCUT2D eigenvalue weighted by Gasteiger charge is 2.20. The van der Waals surface area contributed by atoms with Crippen LogP contribution < -0.4 is 5.73 Å². The number of nitrogens with zero attached hydrogens (tertiary/aromatic N) is 1. The van der Waals surface area contributed by atoms with Crippen molar-refractivity contribution < 1.29 is 9.90 Å². The van der Waals surface area contributed by atoms with Crippen LogP contribution in [0.3, 0.4) is 0 Å². The first kappa shape index (κ1) is 14.4. The Labute approximate surface area is 92.4 Å². The van der Waals surface area contributed by atoms with E-state index in [1.165, 1.54) is 0 Å². The standard InChI is InChI=1S/C11H24N2O2/c1-5-10(11(14)15)13(4)7-6-9(12)8(2)3/h8-10H,5-7,12H2,1-4H3,(H,14,15). The van der Waals surface area contributed by atoms with Gasteiger partial charge in [0.05, 0.1) is 0 Å². The molecule has 2 atom stereocenters. The van der Waals surface area contributed by atoms with E-state index >= 15 is 0 Å². The predicted octanol–water partition coefficient (Wildman–Crippen LogP) is 1.15. The predicted molar refractivity (Wildman–Crippen MR) is 61.8 cm³/mol. The van der Waals surface area contributed by atoms with E-state index in [0.29, 0.717) is 12.3 Å². The molecule has 0 spiro atoms. The molecule has 0 saturated heterocycles. The minimum absolute atomic E-state index is 0.152. The second-order valence-corrected chi connectivity index (χ2v) is 4.44. The molecule has 0 aromatic carbocycles. The Balaban J connectivity index is 4.01. The van der Waals surface area contributed by atoms with Gasteiger partial charge in [0.1, 0.15) is 6.04 Å². The molecule has 0 fully saturated rings. The highest BCUT2D eigenvalue weighted by molar-refractivity contribution is 5.73. The van der Waals surface area contributed by atoms with Gasteiger partial charge in [-0.15, -0.1) is 0 Å². The molecule has 0 radical (unpaired) electrons. The first-order valence-electron chi connectivity index (χ1n) is 5.58. The van der Waals surface area contributed by atoms with E-state index in [2.05, 4.69) is 13.8 Å². The molecule has 4 heteroatoms. The summed E-state index contributed by atoms with van der Waals surface area (Å²) >= 11 is 0. The lowest BCUT2D eigenvalue weighted by molar-refractivity contribution is -0.142. The molecule has 0 saturated carbocycles. The number of hydrogen-bond donors (Lipinski definition) is 2. The maximum Gasteiger partial charge on any atom is 0.320 e. The van der Waals surface area contributed by atoms with Crippen molar-refractivity contribution in [2.24, 2.45) is 11.7 Å². The van der Waals surface area contributed by atoms with Crippen LogP contribution in [-0.2, 0) is 4.79 Å². The van der Waals surface area contributed by atoms with Gasteiger partial charge in [0.2, 0.25) is 0 Å². The summed E-state index contributed by atoms with van der Waals surface area (Å²) in [7, 11) is 1.84. The summed E-state index contributed by atoms with van der Waals surface area (Å²) in [5.41, 5.74) is 5.91. The molecular formula is C11H24N2O2. The molecule has 0 aliphatic carbocycles. The molecule has 2 unspecified atom stereocenters. The van der Waals surface area contributed by atoms with Crippen molar-refractivity contribution in [1.29, 1.82) is 0 Å². The lowest BCUT2D eigenvalue weighted by Crippen LogP contribution is -2.41. The molecule has 90 valence electrons. The molecular weight excluding hydrogens is 192 g/mol. The molecule has 0 amide bonds. The smallest absolute Gasteiger partial charge is 0.320 e. The van der Waals surface area contributed by atoms with E-state index < -0.39 is 5.97 Å². The summed E-state index contributed by atoms with van der Waals surface area (Å²) in [6.07, 6.45) is 1.47. The van der Waals surface area contributed by atoms with Crippen molar-refractivity contribution in [3.8, 4) is 0 Å². The molecule has 0 aromatic heterocycles. The fourth-order valence-electron chi connectivity index (χ4n) is 1.52. The van der Waals surface area contributed by atoms with Crippen LogP contribution >= 0.6 is 0 Å². The first-order chi connectivity index (χ1) is 6.90. The normalized spacial score (nSPS) is 15.7. The van der Waals surface area contributed by atoms with Gasteiger partial charge in [0.25, 0.3) is 0 Å². The minimum Gasteiger partial charge on any atom is -0.480 e. The fraction of sp³-hybridized carbons (Fsp3) is 0.909. The Bertz CT molecular complexity index is 195. The Kier molecular flexibility index (Phi) is 6.52. The number of rotatable bonds is 7. The van der Waals surface area contributed by atoms with E-state index in [-0.39, 0.29) is 12.1 Å². The highest BCUT2D eigenvalue weighted by Crippen LogP contribution is 2.07. The van der Waals surface area contributed by atoms with Crippen LogP contribution in [0.25, 0.3) is 0 Å². The van der Waals surface area contributed by atoms with E-state index in [1.54, 1.807) is 0 Å². The topological polar surface area (TPSA) is 66.6 Å². The van der Waals surface area contributed by atoms with Gasteiger partial charge >= 0.3 is 5.97 Å². The van der Waals surface area contributed by atoms with Gasteiger partial charge in [-0.2, -0.15) is 0 Å². The van der Waals surface area contributed by atoms with Crippen molar-refractivity contribution in [3.05, 3.63) is 0 Å². The fourth-order valence-corrected chi connectivity index (χ4v) is 1.52. The van der Waals surface area contributed by atoms with E-state index in [0.717, 1.165) is 13.0 Å². The Morgan fingerprint density at radius 2 is 2.00 bits per heavy atom. The Morgan fingerprint density at radius 3 is 2.33 bits per heavy atom. The van der Waals surface area contributed by atoms with Gasteiger partial charge in [-0.05, 0) is 25.8 Å². The molecule has 0 aromatic rings. The molecule has 0 aliphatic heterocycles. The lowest BCUT2D eigenvalue weighted by Gasteiger charge is -2.25. The van der Waals surface area contributed by atoms with Crippen molar-refractivity contribution in [2.75, 3.05) is 13.6 Å². The second kappa shape index (κ2) is 6.80. The van der Waals surface area contributed by atoms with Crippen molar-refractivity contribution >= 4 is 5.97 Å². The maximum atomic E-state index is 10.9.